The van der Waals surface area contributed by atoms with Crippen LogP contribution in [0.25, 0.3) is 0 Å². The maximum Gasteiger partial charge on any atom is 0.131 e. The molecule has 1 fully saturated rings. The number of rotatable bonds is 4. The summed E-state index contributed by atoms with van der Waals surface area (Å²) in [6, 6.07) is 0. The van der Waals surface area contributed by atoms with Crippen molar-refractivity contribution in [3.8, 4) is 0 Å². The molecule has 1 aromatic rings. The van der Waals surface area contributed by atoms with Crippen molar-refractivity contribution in [1.29, 1.82) is 0 Å². The van der Waals surface area contributed by atoms with Gasteiger partial charge in [-0.25, -0.2) is 0 Å². The molecule has 4 nitrogen and oxygen atoms in total. The Morgan fingerprint density at radius 3 is 2.67 bits per heavy atom. The lowest BCUT2D eigenvalue weighted by Crippen LogP contribution is -2.43. The molecule has 102 valence electrons. The molecule has 1 unspecified atom stereocenters. The average Bonchev–Trinajstić information content (AvgIpc) is 2.77. The number of nitrogens with zero attached hydrogens (tertiary/aromatic N) is 4. The number of hydrogen-bond donors (Lipinski definition) is 0. The predicted molar refractivity (Wildman–Crippen MR) is 75.8 cm³/mol. The third-order valence-electron chi connectivity index (χ3n) is 4.30. The Morgan fingerprint density at radius 2 is 2.17 bits per heavy atom. The van der Waals surface area contributed by atoms with E-state index in [1.54, 1.807) is 11.3 Å². The fourth-order valence-corrected chi connectivity index (χ4v) is 3.48. The van der Waals surface area contributed by atoms with Crippen LogP contribution in [0.2, 0.25) is 0 Å². The first kappa shape index (κ1) is 13.9. The first-order chi connectivity index (χ1) is 8.39. The van der Waals surface area contributed by atoms with E-state index in [0.29, 0.717) is 5.54 Å². The van der Waals surface area contributed by atoms with Crippen molar-refractivity contribution in [2.45, 2.75) is 39.3 Å². The SMILES string of the molecule is Cc1nnc(CN(C)CC2CCN(C)C2(C)C)s1. The standard InChI is InChI=1S/C13H24N4S/c1-10-14-15-12(18-10)9-16(4)8-11-6-7-17(5)13(11,2)3/h11H,6-9H2,1-5H3. The van der Waals surface area contributed by atoms with Gasteiger partial charge in [0.25, 0.3) is 0 Å². The molecule has 2 heterocycles. The Balaban J connectivity index is 1.90. The van der Waals surface area contributed by atoms with E-state index in [2.05, 4.69) is 47.9 Å². The normalized spacial score (nSPS) is 24.0. The summed E-state index contributed by atoms with van der Waals surface area (Å²) in [5, 5.41) is 10.5. The van der Waals surface area contributed by atoms with Gasteiger partial charge >= 0.3 is 0 Å². The number of likely N-dealkylation sites (tertiary alicyclic amines) is 1. The van der Waals surface area contributed by atoms with Gasteiger partial charge in [0.1, 0.15) is 10.0 Å². The zero-order chi connectivity index (χ0) is 13.3. The van der Waals surface area contributed by atoms with Gasteiger partial charge in [0.05, 0.1) is 6.54 Å². The van der Waals surface area contributed by atoms with Gasteiger partial charge in [-0.2, -0.15) is 0 Å². The molecule has 0 aromatic carbocycles. The van der Waals surface area contributed by atoms with Crippen molar-refractivity contribution < 1.29 is 0 Å². The van der Waals surface area contributed by atoms with E-state index in [-0.39, 0.29) is 0 Å². The summed E-state index contributed by atoms with van der Waals surface area (Å²) in [6.07, 6.45) is 1.29. The van der Waals surface area contributed by atoms with E-state index in [4.69, 9.17) is 0 Å². The van der Waals surface area contributed by atoms with Crippen LogP contribution in [0.4, 0.5) is 0 Å². The molecule has 1 aliphatic heterocycles. The fourth-order valence-electron chi connectivity index (χ4n) is 2.69. The van der Waals surface area contributed by atoms with Crippen molar-refractivity contribution >= 4 is 11.3 Å². The molecule has 0 bridgehead atoms. The van der Waals surface area contributed by atoms with Gasteiger partial charge in [0.2, 0.25) is 0 Å². The monoisotopic (exact) mass is 268 g/mol. The molecule has 1 aliphatic rings. The van der Waals surface area contributed by atoms with Crippen LogP contribution in [0.1, 0.15) is 30.3 Å². The maximum atomic E-state index is 4.20. The second kappa shape index (κ2) is 5.23. The first-order valence-corrected chi connectivity index (χ1v) is 7.40. The molecule has 2 rings (SSSR count). The van der Waals surface area contributed by atoms with Gasteiger partial charge in [-0.15, -0.1) is 21.5 Å². The van der Waals surface area contributed by atoms with Gasteiger partial charge in [-0.05, 0) is 53.8 Å². The minimum atomic E-state index is 0.311. The summed E-state index contributed by atoms with van der Waals surface area (Å²) in [6.45, 7) is 9.98. The van der Waals surface area contributed by atoms with E-state index in [9.17, 15) is 0 Å². The number of aromatic nitrogens is 2. The predicted octanol–water partition coefficient (Wildman–Crippen LogP) is 2.01. The molecule has 0 amide bonds. The quantitative estimate of drug-likeness (QED) is 0.836. The Bertz CT molecular complexity index is 401. The molecule has 0 spiro atoms. The van der Waals surface area contributed by atoms with Crippen LogP contribution in [0.3, 0.4) is 0 Å². The number of aryl methyl sites for hydroxylation is 1. The minimum Gasteiger partial charge on any atom is -0.301 e. The second-order valence-electron chi connectivity index (χ2n) is 5.97. The third kappa shape index (κ3) is 2.90. The lowest BCUT2D eigenvalue weighted by Gasteiger charge is -2.35. The molecule has 1 atom stereocenters. The Kier molecular flexibility index (Phi) is 4.04. The molecule has 0 N–H and O–H groups in total. The highest BCUT2D eigenvalue weighted by Crippen LogP contribution is 2.33. The molecule has 0 aliphatic carbocycles. The summed E-state index contributed by atoms with van der Waals surface area (Å²) < 4.78 is 0. The zero-order valence-corrected chi connectivity index (χ0v) is 12.9. The molecular formula is C13H24N4S. The lowest BCUT2D eigenvalue weighted by atomic mass is 9.88. The van der Waals surface area contributed by atoms with Gasteiger partial charge < -0.3 is 4.90 Å². The molecular weight excluding hydrogens is 244 g/mol. The lowest BCUT2D eigenvalue weighted by molar-refractivity contribution is 0.140. The van der Waals surface area contributed by atoms with Gasteiger partial charge in [-0.1, -0.05) is 0 Å². The molecule has 0 saturated carbocycles. The summed E-state index contributed by atoms with van der Waals surface area (Å²) in [5.74, 6) is 0.738. The third-order valence-corrected chi connectivity index (χ3v) is 5.12. The summed E-state index contributed by atoms with van der Waals surface area (Å²) >= 11 is 1.70. The van der Waals surface area contributed by atoms with Crippen LogP contribution in [-0.4, -0.2) is 52.7 Å². The van der Waals surface area contributed by atoms with Crippen molar-refractivity contribution in [3.63, 3.8) is 0 Å². The molecule has 1 aromatic heterocycles. The van der Waals surface area contributed by atoms with E-state index in [0.717, 1.165) is 29.0 Å². The first-order valence-electron chi connectivity index (χ1n) is 6.58. The van der Waals surface area contributed by atoms with Gasteiger partial charge in [0, 0.05) is 12.1 Å². The molecule has 0 radical (unpaired) electrons. The van der Waals surface area contributed by atoms with Crippen molar-refractivity contribution in [2.75, 3.05) is 27.2 Å². The Labute approximate surface area is 114 Å². The van der Waals surface area contributed by atoms with Crippen LogP contribution in [0.5, 0.6) is 0 Å². The smallest absolute Gasteiger partial charge is 0.131 e. The van der Waals surface area contributed by atoms with Crippen LogP contribution in [-0.2, 0) is 6.54 Å². The topological polar surface area (TPSA) is 32.3 Å². The van der Waals surface area contributed by atoms with Crippen LogP contribution < -0.4 is 0 Å². The highest BCUT2D eigenvalue weighted by molar-refractivity contribution is 7.11. The van der Waals surface area contributed by atoms with Crippen LogP contribution >= 0.6 is 11.3 Å². The highest BCUT2D eigenvalue weighted by Gasteiger charge is 2.39. The van der Waals surface area contributed by atoms with Gasteiger partial charge in [-0.3, -0.25) is 4.90 Å². The van der Waals surface area contributed by atoms with Crippen LogP contribution in [0, 0.1) is 12.8 Å². The highest BCUT2D eigenvalue weighted by atomic mass is 32.1. The van der Waals surface area contributed by atoms with Crippen molar-refractivity contribution in [1.82, 2.24) is 20.0 Å². The Hall–Kier alpha value is -0.520. The summed E-state index contributed by atoms with van der Waals surface area (Å²) in [5.41, 5.74) is 0.311. The van der Waals surface area contributed by atoms with E-state index < -0.39 is 0 Å². The van der Waals surface area contributed by atoms with Crippen molar-refractivity contribution in [2.24, 2.45) is 5.92 Å². The molecule has 5 heteroatoms. The summed E-state index contributed by atoms with van der Waals surface area (Å²) in [7, 11) is 4.42. The largest absolute Gasteiger partial charge is 0.301 e. The summed E-state index contributed by atoms with van der Waals surface area (Å²) in [4.78, 5) is 4.85. The van der Waals surface area contributed by atoms with E-state index >= 15 is 0 Å². The minimum absolute atomic E-state index is 0.311. The van der Waals surface area contributed by atoms with Crippen LogP contribution in [0.15, 0.2) is 0 Å². The van der Waals surface area contributed by atoms with E-state index in [1.807, 2.05) is 6.92 Å². The molecule has 1 saturated heterocycles. The van der Waals surface area contributed by atoms with E-state index in [1.165, 1.54) is 13.0 Å². The maximum absolute atomic E-state index is 4.20. The zero-order valence-electron chi connectivity index (χ0n) is 12.1. The molecule has 18 heavy (non-hydrogen) atoms. The average molecular weight is 268 g/mol. The Morgan fingerprint density at radius 1 is 1.44 bits per heavy atom. The fraction of sp³-hybridized carbons (Fsp3) is 0.846. The number of hydrogen-bond acceptors (Lipinski definition) is 5. The van der Waals surface area contributed by atoms with Gasteiger partial charge in [0.15, 0.2) is 0 Å². The second-order valence-corrected chi connectivity index (χ2v) is 7.24. The van der Waals surface area contributed by atoms with Crippen molar-refractivity contribution in [3.05, 3.63) is 10.0 Å².